The van der Waals surface area contributed by atoms with Crippen LogP contribution >= 0.6 is 0 Å². The zero-order valence-electron chi connectivity index (χ0n) is 14.2. The second-order valence-electron chi connectivity index (χ2n) is 5.81. The van der Waals surface area contributed by atoms with E-state index in [1.54, 1.807) is 14.0 Å². The number of aromatic nitrogens is 2. The van der Waals surface area contributed by atoms with E-state index in [2.05, 4.69) is 4.98 Å². The minimum absolute atomic E-state index is 0.138. The summed E-state index contributed by atoms with van der Waals surface area (Å²) in [4.78, 5) is 31.2. The minimum atomic E-state index is -0.379. The predicted octanol–water partition coefficient (Wildman–Crippen LogP) is 3.03. The van der Waals surface area contributed by atoms with Crippen LogP contribution in [0.2, 0.25) is 0 Å². The monoisotopic (exact) mass is 343 g/mol. The fourth-order valence-electron chi connectivity index (χ4n) is 2.77. The number of hydrogen-bond acceptors (Lipinski definition) is 4. The average Bonchev–Trinajstić information content (AvgIpc) is 2.93. The standard InChI is InChI=1S/C18H18FN3O3/c1-4-9-22(13-7-5-12(19)6-8-13)18(24)14-11(2)25-16-15(14)17(23)21(3)10-20-16/h5-8,10H,4,9H2,1-3H3. The largest absolute Gasteiger partial charge is 0.442 e. The summed E-state index contributed by atoms with van der Waals surface area (Å²) in [7, 11) is 1.56. The Labute approximate surface area is 143 Å². The van der Waals surface area contributed by atoms with E-state index in [0.29, 0.717) is 24.4 Å². The number of amides is 1. The topological polar surface area (TPSA) is 68.3 Å². The van der Waals surface area contributed by atoms with E-state index in [4.69, 9.17) is 4.42 Å². The van der Waals surface area contributed by atoms with Gasteiger partial charge >= 0.3 is 0 Å². The van der Waals surface area contributed by atoms with Crippen molar-refractivity contribution < 1.29 is 13.6 Å². The van der Waals surface area contributed by atoms with Crippen LogP contribution in [0.3, 0.4) is 0 Å². The van der Waals surface area contributed by atoms with E-state index in [1.165, 1.54) is 40.1 Å². The highest BCUT2D eigenvalue weighted by Gasteiger charge is 2.27. The highest BCUT2D eigenvalue weighted by atomic mass is 19.1. The van der Waals surface area contributed by atoms with E-state index in [-0.39, 0.29) is 33.9 Å². The van der Waals surface area contributed by atoms with Crippen LogP contribution < -0.4 is 10.5 Å². The van der Waals surface area contributed by atoms with E-state index in [1.807, 2.05) is 6.92 Å². The van der Waals surface area contributed by atoms with Gasteiger partial charge in [0, 0.05) is 19.3 Å². The third kappa shape index (κ3) is 2.93. The number of furan rings is 1. The lowest BCUT2D eigenvalue weighted by molar-refractivity contribution is 0.0986. The van der Waals surface area contributed by atoms with Gasteiger partial charge < -0.3 is 13.9 Å². The highest BCUT2D eigenvalue weighted by Crippen LogP contribution is 2.25. The first-order valence-electron chi connectivity index (χ1n) is 7.96. The molecule has 130 valence electrons. The smallest absolute Gasteiger partial charge is 0.265 e. The molecule has 2 aromatic heterocycles. The van der Waals surface area contributed by atoms with Crippen LogP contribution in [0.25, 0.3) is 11.1 Å². The Balaban J connectivity index is 2.16. The van der Waals surface area contributed by atoms with E-state index in [9.17, 15) is 14.0 Å². The minimum Gasteiger partial charge on any atom is -0.442 e. The molecule has 3 aromatic rings. The van der Waals surface area contributed by atoms with Gasteiger partial charge in [-0.25, -0.2) is 9.37 Å². The lowest BCUT2D eigenvalue weighted by Gasteiger charge is -2.22. The Morgan fingerprint density at radius 1 is 1.32 bits per heavy atom. The van der Waals surface area contributed by atoms with E-state index >= 15 is 0 Å². The zero-order chi connectivity index (χ0) is 18.1. The fraction of sp³-hybridized carbons (Fsp3) is 0.278. The van der Waals surface area contributed by atoms with Crippen molar-refractivity contribution in [2.24, 2.45) is 7.05 Å². The number of halogens is 1. The van der Waals surface area contributed by atoms with Crippen molar-refractivity contribution in [1.29, 1.82) is 0 Å². The van der Waals surface area contributed by atoms with Gasteiger partial charge in [0.25, 0.3) is 11.5 Å². The molecule has 0 radical (unpaired) electrons. The van der Waals surface area contributed by atoms with Gasteiger partial charge in [-0.3, -0.25) is 9.59 Å². The van der Waals surface area contributed by atoms with Crippen molar-refractivity contribution in [1.82, 2.24) is 9.55 Å². The summed E-state index contributed by atoms with van der Waals surface area (Å²) in [6, 6.07) is 5.67. The third-order valence-electron chi connectivity index (χ3n) is 3.99. The third-order valence-corrected chi connectivity index (χ3v) is 3.99. The molecule has 0 spiro atoms. The Hall–Kier alpha value is -2.96. The van der Waals surface area contributed by atoms with Gasteiger partial charge in [-0.15, -0.1) is 0 Å². The lowest BCUT2D eigenvalue weighted by Crippen LogP contribution is -2.33. The van der Waals surface area contributed by atoms with Crippen LogP contribution in [0.4, 0.5) is 10.1 Å². The number of fused-ring (bicyclic) bond motifs is 1. The van der Waals surface area contributed by atoms with Crippen molar-refractivity contribution in [3.63, 3.8) is 0 Å². The van der Waals surface area contributed by atoms with Crippen molar-refractivity contribution in [3.05, 3.63) is 58.1 Å². The molecule has 25 heavy (non-hydrogen) atoms. The molecule has 3 rings (SSSR count). The van der Waals surface area contributed by atoms with Crippen LogP contribution in [0.15, 0.2) is 39.8 Å². The van der Waals surface area contributed by atoms with Crippen LogP contribution in [-0.4, -0.2) is 22.0 Å². The fourth-order valence-corrected chi connectivity index (χ4v) is 2.77. The summed E-state index contributed by atoms with van der Waals surface area (Å²) >= 11 is 0. The summed E-state index contributed by atoms with van der Waals surface area (Å²) in [5.74, 6) is -0.413. The second kappa shape index (κ2) is 6.51. The molecule has 0 aliphatic carbocycles. The van der Waals surface area contributed by atoms with Crippen molar-refractivity contribution in [3.8, 4) is 0 Å². The number of rotatable bonds is 4. The SMILES string of the molecule is CCCN(C(=O)c1c(C)oc2ncn(C)c(=O)c12)c1ccc(F)cc1. The normalized spacial score (nSPS) is 11.0. The second-order valence-corrected chi connectivity index (χ2v) is 5.81. The first kappa shape index (κ1) is 16.9. The van der Waals surface area contributed by atoms with Gasteiger partial charge in [-0.2, -0.15) is 0 Å². The van der Waals surface area contributed by atoms with Crippen LogP contribution in [-0.2, 0) is 7.05 Å². The number of benzene rings is 1. The van der Waals surface area contributed by atoms with Crippen LogP contribution in [0.5, 0.6) is 0 Å². The Morgan fingerprint density at radius 2 is 2.00 bits per heavy atom. The Morgan fingerprint density at radius 3 is 2.64 bits per heavy atom. The lowest BCUT2D eigenvalue weighted by atomic mass is 10.1. The summed E-state index contributed by atoms with van der Waals surface area (Å²) in [6.07, 6.45) is 2.06. The number of carbonyl (C=O) groups is 1. The highest BCUT2D eigenvalue weighted by molar-refractivity contribution is 6.13. The summed E-state index contributed by atoms with van der Waals surface area (Å²) in [6.45, 7) is 3.99. The van der Waals surface area contributed by atoms with Crippen molar-refractivity contribution >= 4 is 22.7 Å². The molecule has 1 amide bonds. The van der Waals surface area contributed by atoms with Gasteiger partial charge in [-0.1, -0.05) is 6.92 Å². The van der Waals surface area contributed by atoms with Gasteiger partial charge in [0.15, 0.2) is 0 Å². The molecule has 7 heteroatoms. The predicted molar refractivity (Wildman–Crippen MR) is 92.4 cm³/mol. The van der Waals surface area contributed by atoms with Crippen LogP contribution in [0, 0.1) is 12.7 Å². The maximum atomic E-state index is 13.2. The Bertz CT molecular complexity index is 989. The summed E-state index contributed by atoms with van der Waals surface area (Å²) < 4.78 is 20.0. The van der Waals surface area contributed by atoms with Gasteiger partial charge in [0.2, 0.25) is 5.71 Å². The number of nitrogens with zero attached hydrogens (tertiary/aromatic N) is 3. The molecular weight excluding hydrogens is 325 g/mol. The van der Waals surface area contributed by atoms with Crippen molar-refractivity contribution in [2.45, 2.75) is 20.3 Å². The zero-order valence-corrected chi connectivity index (χ0v) is 14.2. The first-order valence-corrected chi connectivity index (χ1v) is 7.96. The molecule has 6 nitrogen and oxygen atoms in total. The summed E-state index contributed by atoms with van der Waals surface area (Å²) in [5.41, 5.74) is 0.546. The molecule has 0 aliphatic rings. The molecule has 0 N–H and O–H groups in total. The molecule has 0 saturated heterocycles. The van der Waals surface area contributed by atoms with Gasteiger partial charge in [-0.05, 0) is 37.6 Å². The van der Waals surface area contributed by atoms with Crippen molar-refractivity contribution in [2.75, 3.05) is 11.4 Å². The van der Waals surface area contributed by atoms with E-state index < -0.39 is 0 Å². The van der Waals surface area contributed by atoms with Crippen LogP contribution in [0.1, 0.15) is 29.5 Å². The number of hydrogen-bond donors (Lipinski definition) is 0. The molecule has 0 fully saturated rings. The van der Waals surface area contributed by atoms with E-state index in [0.717, 1.165) is 0 Å². The molecule has 0 unspecified atom stereocenters. The summed E-state index contributed by atoms with van der Waals surface area (Å²) in [5, 5.41) is 0.163. The quantitative estimate of drug-likeness (QED) is 0.730. The first-order chi connectivity index (χ1) is 11.9. The Kier molecular flexibility index (Phi) is 4.39. The van der Waals surface area contributed by atoms with Gasteiger partial charge in [0.1, 0.15) is 23.3 Å². The molecule has 1 aromatic carbocycles. The molecule has 2 heterocycles. The van der Waals surface area contributed by atoms with Gasteiger partial charge in [0.05, 0.1) is 5.56 Å². The molecule has 0 aliphatic heterocycles. The number of carbonyl (C=O) groups excluding carboxylic acids is 1. The maximum absolute atomic E-state index is 13.2. The molecular formula is C18H18FN3O3. The molecule has 0 saturated carbocycles. The average molecular weight is 343 g/mol. The maximum Gasteiger partial charge on any atom is 0.265 e. The molecule has 0 atom stereocenters. The number of aryl methyl sites for hydroxylation is 2. The number of anilines is 1. The molecule has 0 bridgehead atoms.